The number of benzene rings is 2. The molecular formula is C25H22N4O4. The van der Waals surface area contributed by atoms with Gasteiger partial charge < -0.3 is 10.1 Å². The third kappa shape index (κ3) is 4.03. The summed E-state index contributed by atoms with van der Waals surface area (Å²) < 4.78 is 6.92. The highest BCUT2D eigenvalue weighted by Gasteiger charge is 2.13. The summed E-state index contributed by atoms with van der Waals surface area (Å²) in [6.45, 7) is 1.11. The number of amides is 1. The average Bonchev–Trinajstić information content (AvgIpc) is 2.85. The predicted octanol–water partition coefficient (Wildman–Crippen LogP) is 2.54. The molecule has 3 heterocycles. The number of hydrogen-bond acceptors (Lipinski definition) is 5. The van der Waals surface area contributed by atoms with Crippen molar-refractivity contribution in [3.63, 3.8) is 0 Å². The average molecular weight is 442 g/mol. The first kappa shape index (κ1) is 20.7. The van der Waals surface area contributed by atoms with Gasteiger partial charge in [0.1, 0.15) is 11.4 Å². The number of aromatic nitrogens is 3. The topological polar surface area (TPSA) is 106 Å². The van der Waals surface area contributed by atoms with Crippen LogP contribution < -0.4 is 21.3 Å². The lowest BCUT2D eigenvalue weighted by Gasteiger charge is -2.18. The van der Waals surface area contributed by atoms with Crippen LogP contribution in [0.4, 0.5) is 0 Å². The molecule has 2 aromatic carbocycles. The minimum Gasteiger partial charge on any atom is -0.493 e. The summed E-state index contributed by atoms with van der Waals surface area (Å²) in [5, 5.41) is 3.03. The van der Waals surface area contributed by atoms with Gasteiger partial charge in [-0.25, -0.2) is 9.78 Å². The Labute approximate surface area is 188 Å². The summed E-state index contributed by atoms with van der Waals surface area (Å²) >= 11 is 0. The van der Waals surface area contributed by atoms with Gasteiger partial charge in [0, 0.05) is 19.8 Å². The second-order valence-electron chi connectivity index (χ2n) is 8.07. The Morgan fingerprint density at radius 3 is 2.73 bits per heavy atom. The molecule has 2 aromatic heterocycles. The van der Waals surface area contributed by atoms with Gasteiger partial charge in [0.05, 0.1) is 17.6 Å². The standard InChI is InChI=1S/C25H22N4O4/c1-29-22-20(24(31)28-25(29)32)12-19(14-26-22)23(30)27-13-15-4-6-16(7-5-15)17-8-9-21-18(11-17)3-2-10-33-21/h4-9,11-12,14H,2-3,10,13H2,1H3,(H,27,30)(H,28,31,32). The molecule has 0 fully saturated rings. The number of pyridine rings is 1. The van der Waals surface area contributed by atoms with Crippen LogP contribution in [0.25, 0.3) is 22.2 Å². The molecule has 1 amide bonds. The van der Waals surface area contributed by atoms with E-state index in [4.69, 9.17) is 4.74 Å². The van der Waals surface area contributed by atoms with E-state index in [1.165, 1.54) is 29.4 Å². The highest BCUT2D eigenvalue weighted by molar-refractivity contribution is 5.96. The van der Waals surface area contributed by atoms with E-state index in [1.54, 1.807) is 0 Å². The van der Waals surface area contributed by atoms with Crippen LogP contribution in [0.3, 0.4) is 0 Å². The summed E-state index contributed by atoms with van der Waals surface area (Å²) in [6.07, 6.45) is 3.42. The van der Waals surface area contributed by atoms with E-state index < -0.39 is 11.2 Å². The second kappa shape index (κ2) is 8.38. The number of carbonyl (C=O) groups is 1. The number of fused-ring (bicyclic) bond motifs is 2. The number of rotatable bonds is 4. The van der Waals surface area contributed by atoms with Crippen LogP contribution in [0, 0.1) is 0 Å². The van der Waals surface area contributed by atoms with Crippen LogP contribution in [-0.4, -0.2) is 27.0 Å². The number of ether oxygens (including phenoxy) is 1. The van der Waals surface area contributed by atoms with Crippen LogP contribution in [0.2, 0.25) is 0 Å². The molecule has 0 aliphatic carbocycles. The highest BCUT2D eigenvalue weighted by Crippen LogP contribution is 2.30. The van der Waals surface area contributed by atoms with Crippen LogP contribution in [-0.2, 0) is 20.0 Å². The van der Waals surface area contributed by atoms with Gasteiger partial charge in [0.2, 0.25) is 0 Å². The molecule has 2 N–H and O–H groups in total. The smallest absolute Gasteiger partial charge is 0.329 e. The molecule has 0 unspecified atom stereocenters. The molecule has 0 saturated heterocycles. The van der Waals surface area contributed by atoms with E-state index in [1.807, 2.05) is 30.3 Å². The van der Waals surface area contributed by atoms with Crippen molar-refractivity contribution < 1.29 is 9.53 Å². The van der Waals surface area contributed by atoms with Crippen LogP contribution in [0.1, 0.15) is 27.9 Å². The molecule has 33 heavy (non-hydrogen) atoms. The van der Waals surface area contributed by atoms with Crippen LogP contribution in [0.5, 0.6) is 5.75 Å². The van der Waals surface area contributed by atoms with E-state index in [2.05, 4.69) is 27.4 Å². The molecule has 0 atom stereocenters. The fraction of sp³-hybridized carbons (Fsp3) is 0.200. The summed E-state index contributed by atoms with van der Waals surface area (Å²) in [7, 11) is 1.51. The number of aromatic amines is 1. The lowest BCUT2D eigenvalue weighted by Crippen LogP contribution is -2.29. The summed E-state index contributed by atoms with van der Waals surface area (Å²) in [4.78, 5) is 42.7. The number of hydrogen-bond donors (Lipinski definition) is 2. The Morgan fingerprint density at radius 2 is 1.91 bits per heavy atom. The zero-order chi connectivity index (χ0) is 22.9. The van der Waals surface area contributed by atoms with Crippen molar-refractivity contribution in [3.05, 3.63) is 92.3 Å². The summed E-state index contributed by atoms with van der Waals surface area (Å²) in [5.41, 5.74) is 3.77. The predicted molar refractivity (Wildman–Crippen MR) is 124 cm³/mol. The SMILES string of the molecule is Cn1c(=O)[nH]c(=O)c2cc(C(=O)NCc3ccc(-c4ccc5c(c4)CCCO5)cc3)cnc21. The first-order valence-electron chi connectivity index (χ1n) is 10.7. The normalized spacial score (nSPS) is 12.8. The van der Waals surface area contributed by atoms with Crippen molar-refractivity contribution >= 4 is 16.9 Å². The first-order valence-corrected chi connectivity index (χ1v) is 10.7. The number of nitrogens with zero attached hydrogens (tertiary/aromatic N) is 2. The monoisotopic (exact) mass is 442 g/mol. The molecule has 166 valence electrons. The Morgan fingerprint density at radius 1 is 1.12 bits per heavy atom. The summed E-state index contributed by atoms with van der Waals surface area (Å²) in [5.74, 6) is 0.619. The molecule has 8 nitrogen and oxygen atoms in total. The van der Waals surface area contributed by atoms with E-state index in [9.17, 15) is 14.4 Å². The number of H-pyrrole nitrogens is 1. The summed E-state index contributed by atoms with van der Waals surface area (Å²) in [6, 6.07) is 15.7. The van der Waals surface area contributed by atoms with Crippen molar-refractivity contribution in [1.82, 2.24) is 19.9 Å². The lowest BCUT2D eigenvalue weighted by molar-refractivity contribution is 0.0950. The first-order chi connectivity index (χ1) is 16.0. The molecule has 1 aliphatic rings. The Hall–Kier alpha value is -4.20. The van der Waals surface area contributed by atoms with Gasteiger partial charge >= 0.3 is 5.69 Å². The van der Waals surface area contributed by atoms with Crippen LogP contribution >= 0.6 is 0 Å². The van der Waals surface area contributed by atoms with E-state index in [0.717, 1.165) is 41.9 Å². The third-order valence-corrected chi connectivity index (χ3v) is 5.87. The zero-order valence-corrected chi connectivity index (χ0v) is 18.1. The van der Waals surface area contributed by atoms with Gasteiger partial charge in [-0.15, -0.1) is 0 Å². The molecule has 0 radical (unpaired) electrons. The Balaban J connectivity index is 1.29. The fourth-order valence-corrected chi connectivity index (χ4v) is 4.00. The molecule has 0 bridgehead atoms. The van der Waals surface area contributed by atoms with Gasteiger partial charge in [-0.3, -0.25) is 19.1 Å². The van der Waals surface area contributed by atoms with Gasteiger partial charge in [-0.05, 0) is 53.3 Å². The van der Waals surface area contributed by atoms with Crippen molar-refractivity contribution in [2.75, 3.05) is 6.61 Å². The van der Waals surface area contributed by atoms with Gasteiger partial charge in [-0.1, -0.05) is 30.3 Å². The molecule has 0 spiro atoms. The Bertz CT molecular complexity index is 1490. The van der Waals surface area contributed by atoms with E-state index in [0.29, 0.717) is 6.54 Å². The fourth-order valence-electron chi connectivity index (χ4n) is 4.00. The zero-order valence-electron chi connectivity index (χ0n) is 18.1. The molecule has 1 aliphatic heterocycles. The maximum absolute atomic E-state index is 12.6. The maximum Gasteiger partial charge on any atom is 0.329 e. The number of carbonyl (C=O) groups excluding carboxylic acids is 1. The molecular weight excluding hydrogens is 420 g/mol. The number of aryl methyl sites for hydroxylation is 2. The van der Waals surface area contributed by atoms with Crippen molar-refractivity contribution in [2.45, 2.75) is 19.4 Å². The lowest BCUT2D eigenvalue weighted by atomic mass is 9.98. The van der Waals surface area contributed by atoms with Crippen LogP contribution in [0.15, 0.2) is 64.3 Å². The molecule has 0 saturated carbocycles. The van der Waals surface area contributed by atoms with E-state index >= 15 is 0 Å². The maximum atomic E-state index is 12.6. The highest BCUT2D eigenvalue weighted by atomic mass is 16.5. The van der Waals surface area contributed by atoms with Gasteiger partial charge in [0.25, 0.3) is 11.5 Å². The van der Waals surface area contributed by atoms with Crippen molar-refractivity contribution in [1.29, 1.82) is 0 Å². The molecule has 4 aromatic rings. The van der Waals surface area contributed by atoms with Gasteiger partial charge in [-0.2, -0.15) is 0 Å². The third-order valence-electron chi connectivity index (χ3n) is 5.87. The second-order valence-corrected chi connectivity index (χ2v) is 8.07. The largest absolute Gasteiger partial charge is 0.493 e. The van der Waals surface area contributed by atoms with Crippen molar-refractivity contribution in [3.8, 4) is 16.9 Å². The van der Waals surface area contributed by atoms with Gasteiger partial charge in [0.15, 0.2) is 0 Å². The number of nitrogens with one attached hydrogen (secondary N) is 2. The molecule has 5 rings (SSSR count). The quantitative estimate of drug-likeness (QED) is 0.505. The minimum absolute atomic E-state index is 0.185. The molecule has 8 heteroatoms. The van der Waals surface area contributed by atoms with Crippen molar-refractivity contribution in [2.24, 2.45) is 7.05 Å². The Kier molecular flexibility index (Phi) is 5.26. The van der Waals surface area contributed by atoms with E-state index in [-0.39, 0.29) is 22.5 Å². The minimum atomic E-state index is -0.570.